The molecule has 0 N–H and O–H groups in total. The van der Waals surface area contributed by atoms with E-state index in [4.69, 9.17) is 9.47 Å². The minimum atomic E-state index is -1.50. The number of ether oxygens (including phenoxy) is 2. The quantitative estimate of drug-likeness (QED) is 0.712. The van der Waals surface area contributed by atoms with Gasteiger partial charge in [0.05, 0.1) is 30.4 Å². The zero-order valence-corrected chi connectivity index (χ0v) is 17.6. The van der Waals surface area contributed by atoms with Gasteiger partial charge in [-0.15, -0.1) is 0 Å². The lowest BCUT2D eigenvalue weighted by atomic mass is 10.5. The summed E-state index contributed by atoms with van der Waals surface area (Å²) in [6.45, 7) is 9.70. The lowest BCUT2D eigenvalue weighted by molar-refractivity contribution is 0.398. The van der Waals surface area contributed by atoms with E-state index in [-0.39, 0.29) is 0 Å². The first kappa shape index (κ1) is 18.7. The van der Waals surface area contributed by atoms with Crippen molar-refractivity contribution >= 4 is 26.5 Å². The standard InChI is InChI=1S/C18H28N2O2Si2/c1-21-17-9-7-15(13-19-17)23(3,4)11-12-24(5,6)16-8-10-18(22-2)20-14-16/h7-10,13-14H,11-12H2,1-6H3. The summed E-state index contributed by atoms with van der Waals surface area (Å²) in [5, 5.41) is 2.78. The summed E-state index contributed by atoms with van der Waals surface area (Å²) >= 11 is 0. The highest BCUT2D eigenvalue weighted by Gasteiger charge is 2.30. The minimum absolute atomic E-state index is 0.683. The number of rotatable bonds is 7. The maximum Gasteiger partial charge on any atom is 0.212 e. The maximum atomic E-state index is 5.17. The van der Waals surface area contributed by atoms with Crippen LogP contribution >= 0.6 is 0 Å². The van der Waals surface area contributed by atoms with Crippen molar-refractivity contribution in [2.75, 3.05) is 14.2 Å². The van der Waals surface area contributed by atoms with Gasteiger partial charge < -0.3 is 9.47 Å². The molecule has 2 aromatic heterocycles. The molecule has 0 bridgehead atoms. The molecular weight excluding hydrogens is 332 g/mol. The Hall–Kier alpha value is -1.67. The first-order valence-electron chi connectivity index (χ1n) is 8.29. The van der Waals surface area contributed by atoms with E-state index in [9.17, 15) is 0 Å². The van der Waals surface area contributed by atoms with Gasteiger partial charge in [0.2, 0.25) is 11.8 Å². The Bertz CT molecular complexity index is 596. The molecule has 0 saturated carbocycles. The summed E-state index contributed by atoms with van der Waals surface area (Å²) < 4.78 is 10.3. The molecule has 0 aliphatic carbocycles. The molecule has 2 heterocycles. The maximum absolute atomic E-state index is 5.17. The van der Waals surface area contributed by atoms with E-state index >= 15 is 0 Å². The average Bonchev–Trinajstić information content (AvgIpc) is 2.60. The number of nitrogens with zero attached hydrogens (tertiary/aromatic N) is 2. The monoisotopic (exact) mass is 360 g/mol. The summed E-state index contributed by atoms with van der Waals surface area (Å²) in [4.78, 5) is 8.77. The van der Waals surface area contributed by atoms with E-state index in [0.29, 0.717) is 11.8 Å². The molecule has 2 rings (SSSR count). The molecule has 0 aliphatic heterocycles. The number of hydrogen-bond acceptors (Lipinski definition) is 4. The Morgan fingerprint density at radius 2 is 1.08 bits per heavy atom. The van der Waals surface area contributed by atoms with Crippen molar-refractivity contribution in [3.05, 3.63) is 36.7 Å². The van der Waals surface area contributed by atoms with Gasteiger partial charge in [0.1, 0.15) is 0 Å². The highest BCUT2D eigenvalue weighted by Crippen LogP contribution is 2.21. The fourth-order valence-electron chi connectivity index (χ4n) is 2.72. The number of methoxy groups -OCH3 is 2. The predicted molar refractivity (Wildman–Crippen MR) is 105 cm³/mol. The van der Waals surface area contributed by atoms with Crippen LogP contribution in [0.5, 0.6) is 11.8 Å². The summed E-state index contributed by atoms with van der Waals surface area (Å²) in [7, 11) is 0.301. The van der Waals surface area contributed by atoms with Crippen LogP contribution in [-0.2, 0) is 0 Å². The molecule has 0 saturated heterocycles. The van der Waals surface area contributed by atoms with Gasteiger partial charge in [-0.2, -0.15) is 0 Å². The van der Waals surface area contributed by atoms with E-state index in [2.05, 4.69) is 48.3 Å². The third-order valence-corrected chi connectivity index (χ3v) is 12.0. The highest BCUT2D eigenvalue weighted by molar-refractivity contribution is 6.94. The van der Waals surface area contributed by atoms with Crippen LogP contribution in [0.25, 0.3) is 0 Å². The first-order valence-corrected chi connectivity index (χ1v) is 14.7. The average molecular weight is 361 g/mol. The smallest absolute Gasteiger partial charge is 0.212 e. The van der Waals surface area contributed by atoms with E-state index < -0.39 is 16.1 Å². The number of aromatic nitrogens is 2. The van der Waals surface area contributed by atoms with Crippen LogP contribution in [0.2, 0.25) is 38.3 Å². The van der Waals surface area contributed by atoms with Gasteiger partial charge >= 0.3 is 0 Å². The van der Waals surface area contributed by atoms with Gasteiger partial charge in [0, 0.05) is 24.5 Å². The summed E-state index contributed by atoms with van der Waals surface area (Å²) in [5.41, 5.74) is 0. The number of pyridine rings is 2. The first-order chi connectivity index (χ1) is 11.3. The molecule has 0 amide bonds. The van der Waals surface area contributed by atoms with Gasteiger partial charge in [0.15, 0.2) is 0 Å². The summed E-state index contributed by atoms with van der Waals surface area (Å²) in [6.07, 6.45) is 3.99. The van der Waals surface area contributed by atoms with Crippen molar-refractivity contribution in [1.82, 2.24) is 9.97 Å². The van der Waals surface area contributed by atoms with Crippen LogP contribution in [0.1, 0.15) is 0 Å². The molecule has 0 spiro atoms. The van der Waals surface area contributed by atoms with E-state index in [1.165, 1.54) is 22.5 Å². The van der Waals surface area contributed by atoms with Crippen LogP contribution < -0.4 is 19.8 Å². The van der Waals surface area contributed by atoms with Crippen LogP contribution in [0.15, 0.2) is 36.7 Å². The zero-order valence-electron chi connectivity index (χ0n) is 15.6. The Morgan fingerprint density at radius 3 is 1.33 bits per heavy atom. The molecule has 2 aromatic rings. The third-order valence-electron chi connectivity index (χ3n) is 4.83. The second-order valence-corrected chi connectivity index (χ2v) is 17.1. The van der Waals surface area contributed by atoms with Gasteiger partial charge in [-0.3, -0.25) is 0 Å². The van der Waals surface area contributed by atoms with Crippen LogP contribution in [0.3, 0.4) is 0 Å². The van der Waals surface area contributed by atoms with E-state index in [0.717, 1.165) is 0 Å². The fraction of sp³-hybridized carbons (Fsp3) is 0.444. The minimum Gasteiger partial charge on any atom is -0.481 e. The Kier molecular flexibility index (Phi) is 5.82. The molecule has 6 heteroatoms. The zero-order chi connectivity index (χ0) is 17.8. The van der Waals surface area contributed by atoms with Crippen molar-refractivity contribution in [1.29, 1.82) is 0 Å². The van der Waals surface area contributed by atoms with Crippen LogP contribution in [0, 0.1) is 0 Å². The van der Waals surface area contributed by atoms with Gasteiger partial charge in [-0.25, -0.2) is 9.97 Å². The van der Waals surface area contributed by atoms with Gasteiger partial charge in [-0.1, -0.05) is 50.4 Å². The molecule has 4 nitrogen and oxygen atoms in total. The molecular formula is C18H28N2O2Si2. The lowest BCUT2D eigenvalue weighted by Gasteiger charge is -2.29. The molecule has 0 aromatic carbocycles. The second kappa shape index (κ2) is 7.48. The highest BCUT2D eigenvalue weighted by atomic mass is 28.3. The number of hydrogen-bond donors (Lipinski definition) is 0. The largest absolute Gasteiger partial charge is 0.481 e. The Morgan fingerprint density at radius 1 is 0.708 bits per heavy atom. The summed E-state index contributed by atoms with van der Waals surface area (Å²) in [6, 6.07) is 10.8. The molecule has 0 radical (unpaired) electrons. The molecule has 0 atom stereocenters. The summed E-state index contributed by atoms with van der Waals surface area (Å²) in [5.74, 6) is 1.37. The second-order valence-electron chi connectivity index (χ2n) is 7.45. The SMILES string of the molecule is COc1ccc([Si](C)(C)CC[Si](C)(C)c2ccc(OC)nc2)cn1. The molecule has 0 unspecified atom stereocenters. The van der Waals surface area contributed by atoms with Crippen molar-refractivity contribution in [3.8, 4) is 11.8 Å². The predicted octanol–water partition coefficient (Wildman–Crippen LogP) is 3.02. The molecule has 24 heavy (non-hydrogen) atoms. The fourth-order valence-corrected chi connectivity index (χ4v) is 10.2. The van der Waals surface area contributed by atoms with E-state index in [1.54, 1.807) is 14.2 Å². The molecule has 0 aliphatic rings. The van der Waals surface area contributed by atoms with Crippen molar-refractivity contribution in [2.45, 2.75) is 38.3 Å². The van der Waals surface area contributed by atoms with Crippen molar-refractivity contribution in [2.24, 2.45) is 0 Å². The van der Waals surface area contributed by atoms with Gasteiger partial charge in [-0.05, 0) is 10.4 Å². The van der Waals surface area contributed by atoms with Crippen molar-refractivity contribution in [3.63, 3.8) is 0 Å². The molecule has 0 fully saturated rings. The normalized spacial score (nSPS) is 12.1. The van der Waals surface area contributed by atoms with E-state index in [1.807, 2.05) is 24.5 Å². The third kappa shape index (κ3) is 4.45. The Balaban J connectivity index is 2.08. The van der Waals surface area contributed by atoms with Gasteiger partial charge in [0.25, 0.3) is 0 Å². The van der Waals surface area contributed by atoms with Crippen LogP contribution in [-0.4, -0.2) is 40.3 Å². The Labute approximate surface area is 147 Å². The van der Waals surface area contributed by atoms with Crippen molar-refractivity contribution < 1.29 is 9.47 Å². The lowest BCUT2D eigenvalue weighted by Crippen LogP contribution is -2.47. The topological polar surface area (TPSA) is 44.2 Å². The molecule has 130 valence electrons. The van der Waals surface area contributed by atoms with Crippen LogP contribution in [0.4, 0.5) is 0 Å².